The van der Waals surface area contributed by atoms with Gasteiger partial charge >= 0.3 is 6.05 Å². The zero-order valence-corrected chi connectivity index (χ0v) is 11.2. The third-order valence-electron chi connectivity index (χ3n) is 3.65. The van der Waals surface area contributed by atoms with Gasteiger partial charge in [0.15, 0.2) is 6.29 Å². The van der Waals surface area contributed by atoms with Gasteiger partial charge in [0.2, 0.25) is 0 Å². The van der Waals surface area contributed by atoms with Crippen LogP contribution in [-0.4, -0.2) is 18.9 Å². The SMILES string of the molecule is FC(F)c1cccc2c1N(OC1CCCCO1)C(F)(F)C2. The highest BCUT2D eigenvalue weighted by Crippen LogP contribution is 2.46. The van der Waals surface area contributed by atoms with Crippen molar-refractivity contribution < 1.29 is 27.1 Å². The lowest BCUT2D eigenvalue weighted by molar-refractivity contribution is -0.211. The van der Waals surface area contributed by atoms with E-state index in [4.69, 9.17) is 9.57 Å². The number of halogens is 4. The van der Waals surface area contributed by atoms with E-state index in [0.29, 0.717) is 18.1 Å². The van der Waals surface area contributed by atoms with Gasteiger partial charge in [-0.1, -0.05) is 18.2 Å². The Morgan fingerprint density at radius 1 is 1.29 bits per heavy atom. The summed E-state index contributed by atoms with van der Waals surface area (Å²) in [5, 5.41) is 0.319. The second kappa shape index (κ2) is 5.46. The Morgan fingerprint density at radius 2 is 2.10 bits per heavy atom. The van der Waals surface area contributed by atoms with E-state index >= 15 is 0 Å². The van der Waals surface area contributed by atoms with Crippen molar-refractivity contribution in [2.45, 2.75) is 44.4 Å². The van der Waals surface area contributed by atoms with Crippen LogP contribution in [0.2, 0.25) is 0 Å². The number of ether oxygens (including phenoxy) is 1. The molecule has 1 fully saturated rings. The van der Waals surface area contributed by atoms with Gasteiger partial charge in [-0.3, -0.25) is 0 Å². The highest BCUT2D eigenvalue weighted by molar-refractivity contribution is 5.63. The summed E-state index contributed by atoms with van der Waals surface area (Å²) >= 11 is 0. The van der Waals surface area contributed by atoms with Gasteiger partial charge in [0.25, 0.3) is 6.43 Å². The van der Waals surface area contributed by atoms with E-state index in [2.05, 4.69) is 0 Å². The maximum Gasteiger partial charge on any atom is 0.351 e. The molecule has 0 N–H and O–H groups in total. The van der Waals surface area contributed by atoms with Crippen molar-refractivity contribution in [2.75, 3.05) is 11.7 Å². The molecule has 0 saturated carbocycles. The van der Waals surface area contributed by atoms with Gasteiger partial charge in [0.05, 0.1) is 12.1 Å². The molecular weight excluding hydrogens is 290 g/mol. The lowest BCUT2D eigenvalue weighted by Crippen LogP contribution is -2.43. The smallest absolute Gasteiger partial charge is 0.350 e. The monoisotopic (exact) mass is 305 g/mol. The number of fused-ring (bicyclic) bond motifs is 1. The molecule has 21 heavy (non-hydrogen) atoms. The Balaban J connectivity index is 1.92. The number of benzene rings is 1. The summed E-state index contributed by atoms with van der Waals surface area (Å²) in [5.41, 5.74) is -0.513. The Labute approximate surface area is 119 Å². The van der Waals surface area contributed by atoms with E-state index in [9.17, 15) is 17.6 Å². The molecule has 0 aliphatic carbocycles. The normalized spacial score (nSPS) is 24.4. The number of rotatable bonds is 3. The van der Waals surface area contributed by atoms with E-state index in [-0.39, 0.29) is 11.3 Å². The molecule has 2 heterocycles. The minimum atomic E-state index is -3.35. The first-order chi connectivity index (χ1) is 9.99. The van der Waals surface area contributed by atoms with Crippen molar-refractivity contribution in [3.63, 3.8) is 0 Å². The van der Waals surface area contributed by atoms with Crippen molar-refractivity contribution in [3.8, 4) is 0 Å². The maximum absolute atomic E-state index is 14.1. The van der Waals surface area contributed by atoms with Crippen LogP contribution in [0.5, 0.6) is 0 Å². The fourth-order valence-electron chi connectivity index (χ4n) is 2.68. The van der Waals surface area contributed by atoms with Gasteiger partial charge in [-0.05, 0) is 18.4 Å². The first-order valence-electron chi connectivity index (χ1n) is 6.85. The molecule has 3 nitrogen and oxygen atoms in total. The number of hydrogen-bond acceptors (Lipinski definition) is 3. The van der Waals surface area contributed by atoms with Gasteiger partial charge in [-0.25, -0.2) is 13.6 Å². The van der Waals surface area contributed by atoms with Gasteiger partial charge in [-0.15, -0.1) is 0 Å². The molecule has 1 aromatic rings. The first-order valence-corrected chi connectivity index (χ1v) is 6.85. The molecule has 0 radical (unpaired) electrons. The third kappa shape index (κ3) is 2.72. The third-order valence-corrected chi connectivity index (χ3v) is 3.65. The predicted molar refractivity (Wildman–Crippen MR) is 67.2 cm³/mol. The Bertz CT molecular complexity index is 518. The van der Waals surface area contributed by atoms with E-state index in [1.807, 2.05) is 0 Å². The molecule has 0 amide bonds. The molecular formula is C14H15F4NO2. The summed E-state index contributed by atoms with van der Waals surface area (Å²) in [6.45, 7) is 0.424. The summed E-state index contributed by atoms with van der Waals surface area (Å²) in [5.74, 6) is 0. The van der Waals surface area contributed by atoms with Gasteiger partial charge < -0.3 is 4.74 Å². The maximum atomic E-state index is 14.1. The first kappa shape index (κ1) is 14.6. The number of anilines is 1. The highest BCUT2D eigenvalue weighted by atomic mass is 19.3. The average Bonchev–Trinajstić information content (AvgIpc) is 2.70. The van der Waals surface area contributed by atoms with E-state index in [1.165, 1.54) is 12.1 Å². The molecule has 1 atom stereocenters. The second-order valence-corrected chi connectivity index (χ2v) is 5.19. The average molecular weight is 305 g/mol. The summed E-state index contributed by atoms with van der Waals surface area (Å²) in [6, 6.07) is 0.564. The number of alkyl halides is 4. The fourth-order valence-corrected chi connectivity index (χ4v) is 2.68. The Hall–Kier alpha value is -1.34. The summed E-state index contributed by atoms with van der Waals surface area (Å²) < 4.78 is 59.6. The molecule has 0 aromatic heterocycles. The largest absolute Gasteiger partial charge is 0.351 e. The molecule has 116 valence electrons. The Kier molecular flexibility index (Phi) is 3.79. The van der Waals surface area contributed by atoms with Crippen LogP contribution in [0, 0.1) is 0 Å². The number of hydrogen-bond donors (Lipinski definition) is 0. The second-order valence-electron chi connectivity index (χ2n) is 5.19. The molecule has 7 heteroatoms. The number of hydroxylamine groups is 1. The van der Waals surface area contributed by atoms with Crippen LogP contribution < -0.4 is 5.06 Å². The van der Waals surface area contributed by atoms with Crippen LogP contribution in [-0.2, 0) is 16.0 Å². The molecule has 1 unspecified atom stereocenters. The predicted octanol–water partition coefficient (Wildman–Crippen LogP) is 4.04. The van der Waals surface area contributed by atoms with Gasteiger partial charge in [0, 0.05) is 18.6 Å². The van der Waals surface area contributed by atoms with Gasteiger partial charge in [-0.2, -0.15) is 13.8 Å². The summed E-state index contributed by atoms with van der Waals surface area (Å²) in [6.07, 6.45) is -2.19. The lowest BCUT2D eigenvalue weighted by Gasteiger charge is -2.32. The van der Waals surface area contributed by atoms with Crippen molar-refractivity contribution in [2.24, 2.45) is 0 Å². The summed E-state index contributed by atoms with van der Waals surface area (Å²) in [4.78, 5) is 5.21. The van der Waals surface area contributed by atoms with Crippen molar-refractivity contribution in [1.82, 2.24) is 0 Å². The van der Waals surface area contributed by atoms with Crippen molar-refractivity contribution in [3.05, 3.63) is 29.3 Å². The van der Waals surface area contributed by atoms with E-state index in [1.54, 1.807) is 0 Å². The number of para-hydroxylation sites is 1. The minimum absolute atomic E-state index is 0.161. The zero-order valence-electron chi connectivity index (χ0n) is 11.2. The van der Waals surface area contributed by atoms with Crippen LogP contribution in [0.25, 0.3) is 0 Å². The molecule has 1 saturated heterocycles. The summed E-state index contributed by atoms with van der Waals surface area (Å²) in [7, 11) is 0. The molecule has 2 aliphatic rings. The lowest BCUT2D eigenvalue weighted by atomic mass is 10.1. The van der Waals surface area contributed by atoms with Crippen LogP contribution in [0.15, 0.2) is 18.2 Å². The molecule has 1 aromatic carbocycles. The standard InChI is InChI=1S/C14H15F4NO2/c15-13(16)10-5-3-4-9-8-14(17,18)19(12(9)10)21-11-6-1-2-7-20-11/h3-5,11,13H,1-2,6-8H2. The van der Waals surface area contributed by atoms with Crippen LogP contribution in [0.4, 0.5) is 23.2 Å². The highest BCUT2D eigenvalue weighted by Gasteiger charge is 2.49. The number of nitrogens with zero attached hydrogens (tertiary/aromatic N) is 1. The topological polar surface area (TPSA) is 21.7 Å². The zero-order chi connectivity index (χ0) is 15.0. The molecule has 3 rings (SSSR count). The van der Waals surface area contributed by atoms with Crippen molar-refractivity contribution in [1.29, 1.82) is 0 Å². The Morgan fingerprint density at radius 3 is 2.76 bits per heavy atom. The van der Waals surface area contributed by atoms with E-state index < -0.39 is 30.7 Å². The molecule has 0 bridgehead atoms. The molecule has 0 spiro atoms. The van der Waals surface area contributed by atoms with Crippen LogP contribution >= 0.6 is 0 Å². The van der Waals surface area contributed by atoms with E-state index in [0.717, 1.165) is 18.9 Å². The fraction of sp³-hybridized carbons (Fsp3) is 0.571. The quantitative estimate of drug-likeness (QED) is 0.621. The van der Waals surface area contributed by atoms with Gasteiger partial charge in [0.1, 0.15) is 0 Å². The van der Waals surface area contributed by atoms with Crippen LogP contribution in [0.3, 0.4) is 0 Å². The van der Waals surface area contributed by atoms with Crippen molar-refractivity contribution >= 4 is 5.69 Å². The van der Waals surface area contributed by atoms with Crippen LogP contribution in [0.1, 0.15) is 36.8 Å². The minimum Gasteiger partial charge on any atom is -0.350 e. The molecule has 2 aliphatic heterocycles.